The number of hydrogen-bond donors (Lipinski definition) is 0. The Bertz CT molecular complexity index is 902. The molecule has 0 bridgehead atoms. The summed E-state index contributed by atoms with van der Waals surface area (Å²) in [6, 6.07) is 8.30. The monoisotopic (exact) mass is 369 g/mol. The minimum Gasteiger partial charge on any atom is -0.490 e. The van der Waals surface area contributed by atoms with Crippen molar-refractivity contribution < 1.29 is 19.0 Å². The van der Waals surface area contributed by atoms with Gasteiger partial charge in [-0.15, -0.1) is 5.10 Å². The summed E-state index contributed by atoms with van der Waals surface area (Å²) in [5, 5.41) is 8.34. The van der Waals surface area contributed by atoms with Gasteiger partial charge in [-0.05, 0) is 17.1 Å². The van der Waals surface area contributed by atoms with Crippen LogP contribution < -0.4 is 0 Å². The molecule has 0 atom stereocenters. The van der Waals surface area contributed by atoms with Crippen molar-refractivity contribution in [1.82, 2.24) is 15.0 Å². The van der Waals surface area contributed by atoms with Gasteiger partial charge in [0.05, 0.1) is 27.0 Å². The number of aromatic nitrogens is 3. The summed E-state index contributed by atoms with van der Waals surface area (Å²) in [5.74, 6) is 0.0762. The summed E-state index contributed by atoms with van der Waals surface area (Å²) in [4.78, 5) is 11.7. The minimum atomic E-state index is -0.571. The van der Waals surface area contributed by atoms with Gasteiger partial charge in [0, 0.05) is 5.56 Å². The van der Waals surface area contributed by atoms with Crippen LogP contribution in [0.2, 0.25) is 0 Å². The van der Waals surface area contributed by atoms with Gasteiger partial charge in [0.25, 0.3) is 5.76 Å². The van der Waals surface area contributed by atoms with Crippen LogP contribution in [0.5, 0.6) is 0 Å². The van der Waals surface area contributed by atoms with Crippen LogP contribution in [0.4, 0.5) is 0 Å². The maximum atomic E-state index is 11.7. The molecule has 7 heteroatoms. The first-order chi connectivity index (χ1) is 12.8. The predicted molar refractivity (Wildman–Crippen MR) is 99.4 cm³/mol. The number of cyclic esters (lactones) is 1. The van der Waals surface area contributed by atoms with Gasteiger partial charge >= 0.3 is 5.97 Å². The number of hydrogen-bond acceptors (Lipinski definition) is 6. The van der Waals surface area contributed by atoms with E-state index in [1.54, 1.807) is 10.8 Å². The maximum absolute atomic E-state index is 11.7. The molecule has 7 nitrogen and oxygen atoms in total. The first-order valence-corrected chi connectivity index (χ1v) is 8.59. The van der Waals surface area contributed by atoms with Crippen molar-refractivity contribution in [2.24, 2.45) is 0 Å². The third-order valence-electron chi connectivity index (χ3n) is 4.28. The molecule has 0 saturated heterocycles. The maximum Gasteiger partial charge on any atom is 0.383 e. The summed E-state index contributed by atoms with van der Waals surface area (Å²) in [6.45, 7) is 6.91. The molecular formula is C20H23N3O4. The Balaban J connectivity index is 1.75. The largest absolute Gasteiger partial charge is 0.490 e. The average molecular weight is 369 g/mol. The Morgan fingerprint density at radius 1 is 1.11 bits per heavy atom. The van der Waals surface area contributed by atoms with Crippen LogP contribution in [-0.4, -0.2) is 35.2 Å². The highest BCUT2D eigenvalue weighted by atomic mass is 16.6. The molecule has 0 spiro atoms. The van der Waals surface area contributed by atoms with Crippen molar-refractivity contribution in [3.63, 3.8) is 0 Å². The molecule has 0 amide bonds. The molecule has 3 rings (SSSR count). The standard InChI is InChI=1S/C20H23N3O4/c1-20(2,3)14-8-6-13(7-9-14)15-12-23(22-21-15)11-10-16-17(25-4)18(26-5)19(24)27-16/h6-10,12H,11H2,1-5H3/b16-10-. The van der Waals surface area contributed by atoms with Crippen LogP contribution in [0, 0.1) is 0 Å². The van der Waals surface area contributed by atoms with Gasteiger partial charge in [0.2, 0.25) is 5.76 Å². The van der Waals surface area contributed by atoms with Gasteiger partial charge in [-0.25, -0.2) is 9.48 Å². The van der Waals surface area contributed by atoms with E-state index in [0.717, 1.165) is 11.3 Å². The summed E-state index contributed by atoms with van der Waals surface area (Å²) in [5.41, 5.74) is 3.14. The number of carbonyl (C=O) groups is 1. The van der Waals surface area contributed by atoms with Crippen molar-refractivity contribution in [2.45, 2.75) is 32.7 Å². The Morgan fingerprint density at radius 2 is 1.78 bits per heavy atom. The lowest BCUT2D eigenvalue weighted by Crippen LogP contribution is -2.10. The zero-order valence-electron chi connectivity index (χ0n) is 16.1. The molecule has 0 aliphatic carbocycles. The molecule has 2 heterocycles. The normalized spacial score (nSPS) is 16.0. The van der Waals surface area contributed by atoms with Gasteiger partial charge < -0.3 is 14.2 Å². The predicted octanol–water partition coefficient (Wildman–Crippen LogP) is 3.19. The van der Waals surface area contributed by atoms with Gasteiger partial charge in [-0.2, -0.15) is 0 Å². The lowest BCUT2D eigenvalue weighted by atomic mass is 9.86. The number of benzene rings is 1. The summed E-state index contributed by atoms with van der Waals surface area (Å²) < 4.78 is 17.0. The molecule has 27 heavy (non-hydrogen) atoms. The molecule has 1 aromatic carbocycles. The lowest BCUT2D eigenvalue weighted by molar-refractivity contribution is -0.136. The molecule has 2 aromatic rings. The van der Waals surface area contributed by atoms with Crippen LogP contribution in [0.3, 0.4) is 0 Å². The third-order valence-corrected chi connectivity index (χ3v) is 4.28. The van der Waals surface area contributed by atoms with Crippen molar-refractivity contribution in [1.29, 1.82) is 0 Å². The van der Waals surface area contributed by atoms with E-state index < -0.39 is 5.97 Å². The van der Waals surface area contributed by atoms with Gasteiger partial charge in [-0.1, -0.05) is 50.3 Å². The Kier molecular flexibility index (Phi) is 5.03. The summed E-state index contributed by atoms with van der Waals surface area (Å²) >= 11 is 0. The third kappa shape index (κ3) is 3.86. The number of rotatable bonds is 5. The molecule has 1 aromatic heterocycles. The van der Waals surface area contributed by atoms with E-state index in [2.05, 4.69) is 43.2 Å². The number of esters is 1. The molecule has 0 N–H and O–H groups in total. The first-order valence-electron chi connectivity index (χ1n) is 8.59. The highest BCUT2D eigenvalue weighted by Gasteiger charge is 2.32. The summed E-state index contributed by atoms with van der Waals surface area (Å²) in [6.07, 6.45) is 3.54. The Hall–Kier alpha value is -3.09. The van der Waals surface area contributed by atoms with E-state index in [4.69, 9.17) is 14.2 Å². The average Bonchev–Trinajstić information content (AvgIpc) is 3.23. The Labute approximate surface area is 158 Å². The van der Waals surface area contributed by atoms with Crippen LogP contribution in [0.1, 0.15) is 26.3 Å². The zero-order chi connectivity index (χ0) is 19.6. The van der Waals surface area contributed by atoms with E-state index in [0.29, 0.717) is 12.3 Å². The van der Waals surface area contributed by atoms with Gasteiger partial charge in [0.15, 0.2) is 5.76 Å². The van der Waals surface area contributed by atoms with Crippen LogP contribution in [-0.2, 0) is 31.0 Å². The highest BCUT2D eigenvalue weighted by Crippen LogP contribution is 2.27. The van der Waals surface area contributed by atoms with E-state index in [1.165, 1.54) is 19.8 Å². The molecule has 142 valence electrons. The number of methoxy groups -OCH3 is 2. The van der Waals surface area contributed by atoms with Crippen LogP contribution in [0.25, 0.3) is 11.3 Å². The fourth-order valence-electron chi connectivity index (χ4n) is 2.74. The van der Waals surface area contributed by atoms with Crippen LogP contribution in [0.15, 0.2) is 53.8 Å². The molecule has 0 unspecified atom stereocenters. The molecule has 1 aliphatic heterocycles. The van der Waals surface area contributed by atoms with E-state index in [9.17, 15) is 4.79 Å². The smallest absolute Gasteiger partial charge is 0.383 e. The molecule has 0 fully saturated rings. The van der Waals surface area contributed by atoms with Crippen molar-refractivity contribution >= 4 is 5.97 Å². The van der Waals surface area contributed by atoms with E-state index in [-0.39, 0.29) is 16.9 Å². The molecule has 1 aliphatic rings. The molecule has 0 radical (unpaired) electrons. The SMILES string of the molecule is COC1=C(OC)/C(=C/Cn2cc(-c3ccc(C(C)(C)C)cc3)nn2)OC1=O. The van der Waals surface area contributed by atoms with Crippen LogP contribution >= 0.6 is 0 Å². The first kappa shape index (κ1) is 18.7. The van der Waals surface area contributed by atoms with Gasteiger partial charge in [-0.3, -0.25) is 0 Å². The highest BCUT2D eigenvalue weighted by molar-refractivity contribution is 5.91. The fourth-order valence-corrected chi connectivity index (χ4v) is 2.74. The number of ether oxygens (including phenoxy) is 3. The molecular weight excluding hydrogens is 346 g/mol. The van der Waals surface area contributed by atoms with Gasteiger partial charge in [0.1, 0.15) is 5.69 Å². The summed E-state index contributed by atoms with van der Waals surface area (Å²) in [7, 11) is 2.85. The second-order valence-corrected chi connectivity index (χ2v) is 7.18. The quantitative estimate of drug-likeness (QED) is 0.754. The van der Waals surface area contributed by atoms with Crippen molar-refractivity contribution in [3.05, 3.63) is 59.4 Å². The second kappa shape index (κ2) is 7.26. The molecule has 0 saturated carbocycles. The van der Waals surface area contributed by atoms with Crippen molar-refractivity contribution in [3.8, 4) is 11.3 Å². The second-order valence-electron chi connectivity index (χ2n) is 7.18. The number of nitrogens with zero attached hydrogens (tertiary/aromatic N) is 3. The van der Waals surface area contributed by atoms with E-state index >= 15 is 0 Å². The van der Waals surface area contributed by atoms with E-state index in [1.807, 2.05) is 18.3 Å². The van der Waals surface area contributed by atoms with Crippen molar-refractivity contribution in [2.75, 3.05) is 14.2 Å². The number of carbonyl (C=O) groups excluding carboxylic acids is 1. The fraction of sp³-hybridized carbons (Fsp3) is 0.350. The minimum absolute atomic E-state index is 0.0574. The number of allylic oxidation sites excluding steroid dienone is 1. The topological polar surface area (TPSA) is 75.5 Å². The lowest BCUT2D eigenvalue weighted by Gasteiger charge is -2.18. The zero-order valence-corrected chi connectivity index (χ0v) is 16.1. The Morgan fingerprint density at radius 3 is 2.37 bits per heavy atom.